The maximum Gasteiger partial charge on any atom is 0.142 e. The molecular formula is C17H16BrClF2. The molecule has 0 bridgehead atoms. The summed E-state index contributed by atoms with van der Waals surface area (Å²) in [6.07, 6.45) is 1.73. The summed E-state index contributed by atoms with van der Waals surface area (Å²) in [4.78, 5) is -0.397. The van der Waals surface area contributed by atoms with Gasteiger partial charge in [-0.15, -0.1) is 0 Å². The Labute approximate surface area is 137 Å². The Bertz CT molecular complexity index is 655. The summed E-state index contributed by atoms with van der Waals surface area (Å²) >= 11 is 9.12. The lowest BCUT2D eigenvalue weighted by Gasteiger charge is -2.17. The second-order valence-corrected chi connectivity index (χ2v) is 6.21. The van der Waals surface area contributed by atoms with Gasteiger partial charge in [0.25, 0.3) is 0 Å². The highest BCUT2D eigenvalue weighted by Gasteiger charge is 2.20. The third-order valence-corrected chi connectivity index (χ3v) is 4.86. The minimum Gasteiger partial charge on any atom is -0.207 e. The van der Waals surface area contributed by atoms with Crippen LogP contribution in [0.5, 0.6) is 0 Å². The van der Waals surface area contributed by atoms with E-state index in [0.29, 0.717) is 0 Å². The summed E-state index contributed by atoms with van der Waals surface area (Å²) < 4.78 is 27.7. The quantitative estimate of drug-likeness (QED) is 0.440. The van der Waals surface area contributed by atoms with Crippen LogP contribution in [0, 0.1) is 11.6 Å². The normalized spacial score (nSPS) is 12.5. The molecule has 0 nitrogen and oxygen atoms in total. The molecule has 0 aromatic heterocycles. The van der Waals surface area contributed by atoms with E-state index in [1.54, 1.807) is 0 Å². The minimum atomic E-state index is -0.609. The number of hydrogen-bond donors (Lipinski definition) is 0. The predicted molar refractivity (Wildman–Crippen MR) is 87.3 cm³/mol. The van der Waals surface area contributed by atoms with Gasteiger partial charge in [0, 0.05) is 5.56 Å². The first kappa shape index (κ1) is 16.4. The van der Waals surface area contributed by atoms with Crippen molar-refractivity contribution < 1.29 is 8.78 Å². The molecule has 0 amide bonds. The standard InChI is InChI=1S/C17H16BrClF2/c1-3-10-5-6-11(4-2)12(7-10)17(18)13-8-16(21)14(19)9-15(13)20/h5-9,17H,3-4H2,1-2H3. The lowest BCUT2D eigenvalue weighted by atomic mass is 9.95. The van der Waals surface area contributed by atoms with Crippen molar-refractivity contribution in [1.82, 2.24) is 0 Å². The maximum absolute atomic E-state index is 14.1. The molecule has 0 fully saturated rings. The van der Waals surface area contributed by atoms with Crippen LogP contribution in [0.3, 0.4) is 0 Å². The molecule has 112 valence electrons. The number of alkyl halides is 1. The van der Waals surface area contributed by atoms with E-state index in [2.05, 4.69) is 28.9 Å². The SMILES string of the molecule is CCc1ccc(CC)c(C(Br)c2cc(F)c(Cl)cc2F)c1. The van der Waals surface area contributed by atoms with Crippen molar-refractivity contribution in [3.63, 3.8) is 0 Å². The van der Waals surface area contributed by atoms with Crippen LogP contribution < -0.4 is 0 Å². The van der Waals surface area contributed by atoms with Gasteiger partial charge in [-0.2, -0.15) is 0 Å². The maximum atomic E-state index is 14.1. The van der Waals surface area contributed by atoms with Crippen molar-refractivity contribution in [2.45, 2.75) is 31.5 Å². The van der Waals surface area contributed by atoms with Gasteiger partial charge in [0.1, 0.15) is 11.6 Å². The van der Waals surface area contributed by atoms with Crippen molar-refractivity contribution in [2.75, 3.05) is 0 Å². The number of hydrogen-bond acceptors (Lipinski definition) is 0. The van der Waals surface area contributed by atoms with E-state index in [0.717, 1.165) is 36.1 Å². The first-order valence-corrected chi connectivity index (χ1v) is 8.17. The van der Waals surface area contributed by atoms with Crippen LogP contribution in [-0.4, -0.2) is 0 Å². The second-order valence-electron chi connectivity index (χ2n) is 4.89. The molecule has 0 saturated heterocycles. The molecular weight excluding hydrogens is 358 g/mol. The molecule has 2 aromatic rings. The van der Waals surface area contributed by atoms with Crippen molar-refractivity contribution >= 4 is 27.5 Å². The fraction of sp³-hybridized carbons (Fsp3) is 0.294. The summed E-state index contributed by atoms with van der Waals surface area (Å²) in [6.45, 7) is 4.11. The Kier molecular flexibility index (Phi) is 5.39. The molecule has 1 atom stereocenters. The van der Waals surface area contributed by atoms with E-state index in [4.69, 9.17) is 11.6 Å². The molecule has 0 aliphatic rings. The number of halogens is 4. The summed E-state index contributed by atoms with van der Waals surface area (Å²) in [5, 5.41) is -0.200. The molecule has 0 saturated carbocycles. The first-order chi connectivity index (χ1) is 9.97. The van der Waals surface area contributed by atoms with E-state index in [1.165, 1.54) is 5.56 Å². The summed E-state index contributed by atoms with van der Waals surface area (Å²) in [5.74, 6) is -1.12. The molecule has 0 aliphatic heterocycles. The fourth-order valence-electron chi connectivity index (χ4n) is 2.32. The third kappa shape index (κ3) is 3.46. The van der Waals surface area contributed by atoms with Crippen molar-refractivity contribution in [2.24, 2.45) is 0 Å². The Balaban J connectivity index is 2.53. The van der Waals surface area contributed by atoms with Gasteiger partial charge in [-0.05, 0) is 41.7 Å². The van der Waals surface area contributed by atoms with Gasteiger partial charge in [0.05, 0.1) is 9.85 Å². The molecule has 0 radical (unpaired) electrons. The average molecular weight is 374 g/mol. The molecule has 0 N–H and O–H groups in total. The molecule has 0 spiro atoms. The summed E-state index contributed by atoms with van der Waals surface area (Å²) in [6, 6.07) is 8.35. The van der Waals surface area contributed by atoms with Crippen LogP contribution >= 0.6 is 27.5 Å². The van der Waals surface area contributed by atoms with Gasteiger partial charge in [0.15, 0.2) is 0 Å². The van der Waals surface area contributed by atoms with Gasteiger partial charge in [0.2, 0.25) is 0 Å². The fourth-order valence-corrected chi connectivity index (χ4v) is 3.25. The lowest BCUT2D eigenvalue weighted by Crippen LogP contribution is -2.03. The zero-order valence-corrected chi connectivity index (χ0v) is 14.2. The van der Waals surface area contributed by atoms with Crippen molar-refractivity contribution in [3.8, 4) is 0 Å². The molecule has 2 rings (SSSR count). The largest absolute Gasteiger partial charge is 0.207 e. The predicted octanol–water partition coefficient (Wildman–Crippen LogP) is 6.23. The molecule has 4 heteroatoms. The van der Waals surface area contributed by atoms with Gasteiger partial charge < -0.3 is 0 Å². The second kappa shape index (κ2) is 6.89. The molecule has 21 heavy (non-hydrogen) atoms. The van der Waals surface area contributed by atoms with Crippen LogP contribution in [0.15, 0.2) is 30.3 Å². The smallest absolute Gasteiger partial charge is 0.142 e. The van der Waals surface area contributed by atoms with Crippen LogP contribution in [0.1, 0.15) is 40.9 Å². The number of rotatable bonds is 4. The Hall–Kier alpha value is -0.930. The van der Waals surface area contributed by atoms with Crippen molar-refractivity contribution in [3.05, 3.63) is 69.2 Å². The van der Waals surface area contributed by atoms with E-state index < -0.39 is 16.5 Å². The van der Waals surface area contributed by atoms with Crippen LogP contribution in [0.2, 0.25) is 5.02 Å². The summed E-state index contributed by atoms with van der Waals surface area (Å²) in [5.41, 5.74) is 3.52. The van der Waals surface area contributed by atoms with Crippen LogP contribution in [-0.2, 0) is 12.8 Å². The van der Waals surface area contributed by atoms with Crippen LogP contribution in [0.25, 0.3) is 0 Å². The third-order valence-electron chi connectivity index (χ3n) is 3.59. The van der Waals surface area contributed by atoms with E-state index >= 15 is 0 Å². The zero-order valence-electron chi connectivity index (χ0n) is 11.9. The highest BCUT2D eigenvalue weighted by atomic mass is 79.9. The zero-order chi connectivity index (χ0) is 15.6. The van der Waals surface area contributed by atoms with Gasteiger partial charge in [-0.25, -0.2) is 8.78 Å². The molecule has 0 heterocycles. The average Bonchev–Trinajstić information content (AvgIpc) is 2.49. The Morgan fingerprint density at radius 3 is 2.33 bits per heavy atom. The van der Waals surface area contributed by atoms with Crippen molar-refractivity contribution in [1.29, 1.82) is 0 Å². The number of aryl methyl sites for hydroxylation is 2. The summed E-state index contributed by atoms with van der Waals surface area (Å²) in [7, 11) is 0. The van der Waals surface area contributed by atoms with E-state index in [9.17, 15) is 8.78 Å². The molecule has 0 aliphatic carbocycles. The highest BCUT2D eigenvalue weighted by molar-refractivity contribution is 9.09. The molecule has 2 aromatic carbocycles. The van der Waals surface area contributed by atoms with Gasteiger partial charge >= 0.3 is 0 Å². The van der Waals surface area contributed by atoms with Gasteiger partial charge in [-0.1, -0.05) is 59.6 Å². The minimum absolute atomic E-state index is 0.200. The van der Waals surface area contributed by atoms with E-state index in [-0.39, 0.29) is 10.6 Å². The van der Waals surface area contributed by atoms with Crippen LogP contribution in [0.4, 0.5) is 8.78 Å². The Morgan fingerprint density at radius 1 is 1.00 bits per heavy atom. The number of benzene rings is 2. The highest BCUT2D eigenvalue weighted by Crippen LogP contribution is 2.36. The lowest BCUT2D eigenvalue weighted by molar-refractivity contribution is 0.588. The Morgan fingerprint density at radius 2 is 1.71 bits per heavy atom. The molecule has 1 unspecified atom stereocenters. The first-order valence-electron chi connectivity index (χ1n) is 6.88. The van der Waals surface area contributed by atoms with Gasteiger partial charge in [-0.3, -0.25) is 0 Å². The topological polar surface area (TPSA) is 0 Å². The van der Waals surface area contributed by atoms with E-state index in [1.807, 2.05) is 19.1 Å². The monoisotopic (exact) mass is 372 g/mol.